The zero-order valence-corrected chi connectivity index (χ0v) is 15.9. The van der Waals surface area contributed by atoms with Gasteiger partial charge in [-0.05, 0) is 42.5 Å². The molecule has 4 heteroatoms. The van der Waals surface area contributed by atoms with Crippen LogP contribution in [0.2, 0.25) is 0 Å². The van der Waals surface area contributed by atoms with E-state index in [0.29, 0.717) is 12.5 Å². The summed E-state index contributed by atoms with van der Waals surface area (Å²) in [6.07, 6.45) is 0.253. The first-order valence-corrected chi connectivity index (χ1v) is 9.15. The van der Waals surface area contributed by atoms with Gasteiger partial charge in [0.25, 0.3) is 0 Å². The molecule has 1 fully saturated rings. The summed E-state index contributed by atoms with van der Waals surface area (Å²) in [4.78, 5) is 27.1. The monoisotopic (exact) mass is 350 g/mol. The molecule has 0 radical (unpaired) electrons. The van der Waals surface area contributed by atoms with Gasteiger partial charge in [0, 0.05) is 24.3 Å². The van der Waals surface area contributed by atoms with E-state index in [9.17, 15) is 9.59 Å². The van der Waals surface area contributed by atoms with Gasteiger partial charge in [-0.2, -0.15) is 0 Å². The molecule has 3 rings (SSSR count). The predicted octanol–water partition coefficient (Wildman–Crippen LogP) is 4.42. The SMILES string of the molecule is Cc1ccccc1N1CC(C(=O)Nc2c(C)cccc2C(C)C)CC1=O. The van der Waals surface area contributed by atoms with Crippen molar-refractivity contribution in [3.63, 3.8) is 0 Å². The van der Waals surface area contributed by atoms with E-state index < -0.39 is 0 Å². The number of para-hydroxylation sites is 2. The maximum Gasteiger partial charge on any atom is 0.229 e. The van der Waals surface area contributed by atoms with Crippen molar-refractivity contribution in [2.24, 2.45) is 5.92 Å². The lowest BCUT2D eigenvalue weighted by atomic mass is 9.97. The smallest absolute Gasteiger partial charge is 0.229 e. The number of amides is 2. The number of nitrogens with one attached hydrogen (secondary N) is 1. The molecule has 1 heterocycles. The predicted molar refractivity (Wildman–Crippen MR) is 106 cm³/mol. The Balaban J connectivity index is 1.79. The van der Waals surface area contributed by atoms with Crippen molar-refractivity contribution in [3.8, 4) is 0 Å². The second kappa shape index (κ2) is 7.32. The van der Waals surface area contributed by atoms with E-state index in [0.717, 1.165) is 28.1 Å². The number of rotatable bonds is 4. The summed E-state index contributed by atoms with van der Waals surface area (Å²) >= 11 is 0. The van der Waals surface area contributed by atoms with Crippen molar-refractivity contribution in [2.45, 2.75) is 40.0 Å². The van der Waals surface area contributed by atoms with E-state index in [1.165, 1.54) is 0 Å². The minimum absolute atomic E-state index is 0.00770. The number of hydrogen-bond donors (Lipinski definition) is 1. The molecule has 2 amide bonds. The molecule has 1 aliphatic heterocycles. The van der Waals surface area contributed by atoms with Crippen molar-refractivity contribution in [1.29, 1.82) is 0 Å². The van der Waals surface area contributed by atoms with Gasteiger partial charge < -0.3 is 10.2 Å². The minimum atomic E-state index is -0.332. The number of hydrogen-bond acceptors (Lipinski definition) is 2. The molecule has 0 aromatic heterocycles. The Hall–Kier alpha value is -2.62. The number of aryl methyl sites for hydroxylation is 2. The van der Waals surface area contributed by atoms with E-state index in [1.54, 1.807) is 4.90 Å². The molecule has 2 aromatic carbocycles. The van der Waals surface area contributed by atoms with Crippen molar-refractivity contribution < 1.29 is 9.59 Å². The van der Waals surface area contributed by atoms with Crippen molar-refractivity contribution in [1.82, 2.24) is 0 Å². The summed E-state index contributed by atoms with van der Waals surface area (Å²) in [5.74, 6) is -0.0837. The molecule has 2 aromatic rings. The fraction of sp³-hybridized carbons (Fsp3) is 0.364. The minimum Gasteiger partial charge on any atom is -0.325 e. The van der Waals surface area contributed by atoms with E-state index in [1.807, 2.05) is 56.3 Å². The summed E-state index contributed by atoms with van der Waals surface area (Å²) in [7, 11) is 0. The summed E-state index contributed by atoms with van der Waals surface area (Å²) in [6, 6.07) is 13.9. The molecule has 136 valence electrons. The lowest BCUT2D eigenvalue weighted by molar-refractivity contribution is -0.122. The zero-order valence-electron chi connectivity index (χ0n) is 15.9. The van der Waals surface area contributed by atoms with Crippen LogP contribution >= 0.6 is 0 Å². The summed E-state index contributed by atoms with van der Waals surface area (Å²) in [5.41, 5.74) is 4.99. The Morgan fingerprint density at radius 1 is 1.08 bits per heavy atom. The maximum absolute atomic E-state index is 12.9. The second-order valence-corrected chi connectivity index (χ2v) is 7.37. The fourth-order valence-corrected chi connectivity index (χ4v) is 3.55. The van der Waals surface area contributed by atoms with Gasteiger partial charge in [-0.25, -0.2) is 0 Å². The Bertz CT molecular complexity index is 842. The first-order valence-electron chi connectivity index (χ1n) is 9.15. The Morgan fingerprint density at radius 3 is 2.46 bits per heavy atom. The third-order valence-corrected chi connectivity index (χ3v) is 5.08. The summed E-state index contributed by atoms with van der Waals surface area (Å²) in [6.45, 7) is 8.64. The van der Waals surface area contributed by atoms with E-state index in [2.05, 4.69) is 19.2 Å². The molecule has 0 spiro atoms. The molecule has 1 atom stereocenters. The van der Waals surface area contributed by atoms with Crippen molar-refractivity contribution in [3.05, 3.63) is 59.2 Å². The van der Waals surface area contributed by atoms with Crippen LogP contribution in [-0.2, 0) is 9.59 Å². The molecule has 26 heavy (non-hydrogen) atoms. The van der Waals surface area contributed by atoms with Crippen LogP contribution in [0, 0.1) is 19.8 Å². The maximum atomic E-state index is 12.9. The average Bonchev–Trinajstić information content (AvgIpc) is 2.98. The van der Waals surface area contributed by atoms with Crippen LogP contribution in [0.4, 0.5) is 11.4 Å². The van der Waals surface area contributed by atoms with Crippen LogP contribution in [0.25, 0.3) is 0 Å². The number of carbonyl (C=O) groups excluding carboxylic acids is 2. The number of nitrogens with zero attached hydrogens (tertiary/aromatic N) is 1. The lowest BCUT2D eigenvalue weighted by Gasteiger charge is -2.20. The van der Waals surface area contributed by atoms with Gasteiger partial charge in [0.15, 0.2) is 0 Å². The van der Waals surface area contributed by atoms with Crippen molar-refractivity contribution in [2.75, 3.05) is 16.8 Å². The number of carbonyl (C=O) groups is 2. The van der Waals surface area contributed by atoms with E-state index >= 15 is 0 Å². The van der Waals surface area contributed by atoms with Crippen LogP contribution < -0.4 is 10.2 Å². The molecular weight excluding hydrogens is 324 g/mol. The van der Waals surface area contributed by atoms with E-state index in [4.69, 9.17) is 0 Å². The van der Waals surface area contributed by atoms with Crippen LogP contribution in [0.3, 0.4) is 0 Å². The molecule has 1 saturated heterocycles. The van der Waals surface area contributed by atoms with Gasteiger partial charge in [-0.15, -0.1) is 0 Å². The zero-order chi connectivity index (χ0) is 18.8. The number of benzene rings is 2. The van der Waals surface area contributed by atoms with Gasteiger partial charge >= 0.3 is 0 Å². The highest BCUT2D eigenvalue weighted by atomic mass is 16.2. The van der Waals surface area contributed by atoms with Gasteiger partial charge in [0.05, 0.1) is 5.92 Å². The first kappa shape index (κ1) is 18.2. The molecule has 1 aliphatic rings. The largest absolute Gasteiger partial charge is 0.325 e. The highest BCUT2D eigenvalue weighted by Gasteiger charge is 2.36. The normalized spacial score (nSPS) is 17.0. The van der Waals surface area contributed by atoms with Crippen molar-refractivity contribution >= 4 is 23.2 Å². The third kappa shape index (κ3) is 3.50. The Morgan fingerprint density at radius 2 is 1.77 bits per heavy atom. The second-order valence-electron chi connectivity index (χ2n) is 7.37. The van der Waals surface area contributed by atoms with Crippen LogP contribution in [0.1, 0.15) is 42.9 Å². The summed E-state index contributed by atoms with van der Waals surface area (Å²) < 4.78 is 0. The molecule has 4 nitrogen and oxygen atoms in total. The molecule has 0 bridgehead atoms. The van der Waals surface area contributed by atoms with Gasteiger partial charge in [-0.3, -0.25) is 9.59 Å². The molecule has 0 saturated carbocycles. The Labute approximate surface area is 155 Å². The van der Waals surface area contributed by atoms with Crippen LogP contribution in [0.15, 0.2) is 42.5 Å². The average molecular weight is 350 g/mol. The fourth-order valence-electron chi connectivity index (χ4n) is 3.55. The van der Waals surface area contributed by atoms with Gasteiger partial charge in [-0.1, -0.05) is 50.2 Å². The van der Waals surface area contributed by atoms with Gasteiger partial charge in [0.1, 0.15) is 0 Å². The highest BCUT2D eigenvalue weighted by molar-refractivity contribution is 6.04. The molecular formula is C22H26N2O2. The standard InChI is InChI=1S/C22H26N2O2/c1-14(2)18-10-7-9-16(4)21(18)23-22(26)17-12-20(25)24(13-17)19-11-6-5-8-15(19)3/h5-11,14,17H,12-13H2,1-4H3,(H,23,26). The highest BCUT2D eigenvalue weighted by Crippen LogP contribution is 2.31. The van der Waals surface area contributed by atoms with Crippen LogP contribution in [0.5, 0.6) is 0 Å². The quantitative estimate of drug-likeness (QED) is 0.887. The Kier molecular flexibility index (Phi) is 5.12. The van der Waals surface area contributed by atoms with Gasteiger partial charge in [0.2, 0.25) is 11.8 Å². The number of anilines is 2. The lowest BCUT2D eigenvalue weighted by Crippen LogP contribution is -2.29. The summed E-state index contributed by atoms with van der Waals surface area (Å²) in [5, 5.41) is 3.09. The molecule has 1 N–H and O–H groups in total. The third-order valence-electron chi connectivity index (χ3n) is 5.08. The first-order chi connectivity index (χ1) is 12.4. The molecule has 1 unspecified atom stereocenters. The molecule has 0 aliphatic carbocycles. The topological polar surface area (TPSA) is 49.4 Å². The van der Waals surface area contributed by atoms with Crippen LogP contribution in [-0.4, -0.2) is 18.4 Å². The van der Waals surface area contributed by atoms with E-state index in [-0.39, 0.29) is 24.2 Å².